The standard InChI is InChI=1S/C24H22ClN5O5S/c25-13-6-8-15(9-7-13)36-24-27-17-20(30(24)22-19(33)18(32)16(12-31)35-22)29(14-4-2-1-3-5-14)23-26-10-11-28(23)21(17)34/h1-11,16,18-19,22-23,26,31-33H,12H2/t16-,18-,19-,22-,23?/m1/s1. The Morgan fingerprint density at radius 1 is 1.08 bits per heavy atom. The molecule has 3 aliphatic heterocycles. The molecule has 0 radical (unpaired) electrons. The minimum Gasteiger partial charge on any atom is -0.394 e. The number of rotatable bonds is 5. The number of imidazole rings is 1. The Morgan fingerprint density at radius 2 is 1.83 bits per heavy atom. The Labute approximate surface area is 215 Å². The van der Waals surface area contributed by atoms with E-state index in [1.807, 2.05) is 47.4 Å². The van der Waals surface area contributed by atoms with E-state index in [4.69, 9.17) is 21.3 Å². The molecular formula is C24H22ClN5O5S. The number of carbonyl (C=O) groups excluding carboxylic acids is 1. The molecule has 3 aromatic rings. The number of ether oxygens (including phenoxy) is 1. The van der Waals surface area contributed by atoms with Crippen molar-refractivity contribution in [2.24, 2.45) is 0 Å². The summed E-state index contributed by atoms with van der Waals surface area (Å²) < 4.78 is 7.55. The minimum atomic E-state index is -1.37. The van der Waals surface area contributed by atoms with Crippen LogP contribution in [0.5, 0.6) is 0 Å². The van der Waals surface area contributed by atoms with Crippen LogP contribution in [0.25, 0.3) is 0 Å². The Hall–Kier alpha value is -3.06. The molecule has 4 N–H and O–H groups in total. The first-order chi connectivity index (χ1) is 17.5. The third-order valence-corrected chi connectivity index (χ3v) is 7.57. The van der Waals surface area contributed by atoms with E-state index in [2.05, 4.69) is 5.32 Å². The third kappa shape index (κ3) is 3.67. The van der Waals surface area contributed by atoms with Gasteiger partial charge in [-0.3, -0.25) is 19.2 Å². The average Bonchev–Trinajstić information content (AvgIpc) is 3.59. The number of aromatic nitrogens is 2. The Morgan fingerprint density at radius 3 is 2.53 bits per heavy atom. The van der Waals surface area contributed by atoms with Gasteiger partial charge in [-0.1, -0.05) is 41.6 Å². The fourth-order valence-electron chi connectivity index (χ4n) is 4.62. The molecule has 1 fully saturated rings. The molecule has 2 aromatic carbocycles. The maximum atomic E-state index is 13.5. The zero-order valence-electron chi connectivity index (χ0n) is 18.7. The van der Waals surface area contributed by atoms with E-state index < -0.39 is 37.4 Å². The molecule has 6 rings (SSSR count). The number of benzene rings is 2. The van der Waals surface area contributed by atoms with Gasteiger partial charge in [0, 0.05) is 28.0 Å². The van der Waals surface area contributed by atoms with Gasteiger partial charge in [0.1, 0.15) is 18.3 Å². The summed E-state index contributed by atoms with van der Waals surface area (Å²) in [5, 5.41) is 35.3. The Balaban J connectivity index is 1.56. The van der Waals surface area contributed by atoms with E-state index in [0.29, 0.717) is 16.0 Å². The van der Waals surface area contributed by atoms with Crippen LogP contribution in [0, 0.1) is 0 Å². The zero-order valence-corrected chi connectivity index (χ0v) is 20.3. The number of aliphatic hydroxyl groups is 3. The molecule has 1 saturated heterocycles. The predicted molar refractivity (Wildman–Crippen MR) is 132 cm³/mol. The first-order valence-electron chi connectivity index (χ1n) is 11.3. The predicted octanol–water partition coefficient (Wildman–Crippen LogP) is 2.25. The lowest BCUT2D eigenvalue weighted by atomic mass is 10.1. The fourth-order valence-corrected chi connectivity index (χ4v) is 5.65. The smallest absolute Gasteiger partial charge is 0.283 e. The van der Waals surface area contributed by atoms with Gasteiger partial charge >= 0.3 is 0 Å². The monoisotopic (exact) mass is 527 g/mol. The highest BCUT2D eigenvalue weighted by molar-refractivity contribution is 7.99. The lowest BCUT2D eigenvalue weighted by Gasteiger charge is -2.40. The zero-order chi connectivity index (χ0) is 25.0. The normalized spacial score (nSPS) is 26.8. The number of hydrogen-bond donors (Lipinski definition) is 4. The van der Waals surface area contributed by atoms with Gasteiger partial charge in [0.05, 0.1) is 6.61 Å². The number of halogens is 1. The van der Waals surface area contributed by atoms with Crippen molar-refractivity contribution in [2.45, 2.75) is 40.9 Å². The van der Waals surface area contributed by atoms with Crippen LogP contribution in [0.1, 0.15) is 16.7 Å². The van der Waals surface area contributed by atoms with E-state index >= 15 is 0 Å². The molecule has 10 nitrogen and oxygen atoms in total. The molecule has 0 aliphatic carbocycles. The van der Waals surface area contributed by atoms with Crippen LogP contribution in [-0.4, -0.2) is 66.9 Å². The van der Waals surface area contributed by atoms with Gasteiger partial charge in [0.25, 0.3) is 5.91 Å². The number of amides is 1. The van der Waals surface area contributed by atoms with Gasteiger partial charge in [-0.25, -0.2) is 4.98 Å². The quantitative estimate of drug-likeness (QED) is 0.395. The largest absolute Gasteiger partial charge is 0.394 e. The molecule has 36 heavy (non-hydrogen) atoms. The van der Waals surface area contributed by atoms with Crippen molar-refractivity contribution in [1.29, 1.82) is 0 Å². The van der Waals surface area contributed by atoms with Gasteiger partial charge in [-0.15, -0.1) is 0 Å². The number of aliphatic hydroxyl groups excluding tert-OH is 3. The number of nitrogens with zero attached hydrogens (tertiary/aromatic N) is 4. The average molecular weight is 528 g/mol. The maximum Gasteiger partial charge on any atom is 0.283 e. The molecule has 4 heterocycles. The van der Waals surface area contributed by atoms with Gasteiger partial charge < -0.3 is 25.4 Å². The summed E-state index contributed by atoms with van der Waals surface area (Å²) in [5.41, 5.74) is 0.936. The van der Waals surface area contributed by atoms with E-state index in [1.165, 1.54) is 11.8 Å². The molecule has 186 valence electrons. The molecule has 0 spiro atoms. The number of nitrogens with one attached hydrogen (secondary N) is 1. The van der Waals surface area contributed by atoms with Crippen LogP contribution in [0.2, 0.25) is 5.02 Å². The van der Waals surface area contributed by atoms with Gasteiger partial charge in [-0.2, -0.15) is 0 Å². The van der Waals surface area contributed by atoms with Gasteiger partial charge in [0.15, 0.2) is 29.2 Å². The van der Waals surface area contributed by atoms with Crippen LogP contribution in [0.15, 0.2) is 77.0 Å². The molecular weight excluding hydrogens is 506 g/mol. The summed E-state index contributed by atoms with van der Waals surface area (Å²) in [5.74, 6) is 0.0711. The Bertz CT molecular complexity index is 1320. The van der Waals surface area contributed by atoms with Gasteiger partial charge in [0.2, 0.25) is 0 Å². The van der Waals surface area contributed by atoms with Crippen LogP contribution < -0.4 is 10.2 Å². The fraction of sp³-hybridized carbons (Fsp3) is 0.250. The second-order valence-corrected chi connectivity index (χ2v) is 9.97. The van der Waals surface area contributed by atoms with Crippen LogP contribution >= 0.6 is 23.4 Å². The van der Waals surface area contributed by atoms with E-state index in [1.54, 1.807) is 34.0 Å². The number of hydrogen-bond acceptors (Lipinski definition) is 9. The number of carbonyl (C=O) groups is 1. The van der Waals surface area contributed by atoms with Crippen molar-refractivity contribution in [3.63, 3.8) is 0 Å². The molecule has 1 amide bonds. The minimum absolute atomic E-state index is 0.164. The maximum absolute atomic E-state index is 13.5. The number of fused-ring (bicyclic) bond motifs is 2. The van der Waals surface area contributed by atoms with E-state index in [0.717, 1.165) is 10.6 Å². The van der Waals surface area contributed by atoms with Crippen molar-refractivity contribution in [3.8, 4) is 0 Å². The SMILES string of the molecule is O=C1c2nc(Sc3ccc(Cl)cc3)n([C@@H]3O[C@H](CO)[C@@H](O)[C@H]3O)c2N(c2ccccc2)C2NC=CN12. The van der Waals surface area contributed by atoms with E-state index in [-0.39, 0.29) is 11.6 Å². The van der Waals surface area contributed by atoms with Crippen LogP contribution in [0.4, 0.5) is 11.5 Å². The number of anilines is 2. The number of para-hydroxylation sites is 1. The second-order valence-electron chi connectivity index (χ2n) is 8.50. The van der Waals surface area contributed by atoms with E-state index in [9.17, 15) is 20.1 Å². The highest BCUT2D eigenvalue weighted by Gasteiger charge is 2.50. The topological polar surface area (TPSA) is 123 Å². The molecule has 1 aromatic heterocycles. The molecule has 3 aliphatic rings. The third-order valence-electron chi connectivity index (χ3n) is 6.34. The molecule has 0 saturated carbocycles. The van der Waals surface area contributed by atoms with Crippen molar-refractivity contribution < 1.29 is 24.9 Å². The first-order valence-corrected chi connectivity index (χ1v) is 12.4. The van der Waals surface area contributed by atoms with Gasteiger partial charge in [-0.05, 0) is 36.4 Å². The summed E-state index contributed by atoms with van der Waals surface area (Å²) in [6.07, 6.45) is -2.03. The summed E-state index contributed by atoms with van der Waals surface area (Å²) in [7, 11) is 0. The van der Waals surface area contributed by atoms with Crippen molar-refractivity contribution in [2.75, 3.05) is 11.5 Å². The summed E-state index contributed by atoms with van der Waals surface area (Å²) in [4.78, 5) is 22.5. The van der Waals surface area contributed by atoms with Crippen molar-refractivity contribution in [3.05, 3.63) is 77.7 Å². The highest BCUT2D eigenvalue weighted by atomic mass is 35.5. The molecule has 1 unspecified atom stereocenters. The molecule has 12 heteroatoms. The van der Waals surface area contributed by atoms with Crippen molar-refractivity contribution >= 4 is 40.8 Å². The lowest BCUT2D eigenvalue weighted by molar-refractivity contribution is -0.0561. The second kappa shape index (κ2) is 9.11. The Kier molecular flexibility index (Phi) is 5.91. The summed E-state index contributed by atoms with van der Waals surface area (Å²) in [6, 6.07) is 16.6. The summed E-state index contributed by atoms with van der Waals surface area (Å²) >= 11 is 7.32. The highest BCUT2D eigenvalue weighted by Crippen LogP contribution is 2.45. The summed E-state index contributed by atoms with van der Waals surface area (Å²) in [6.45, 7) is -0.478. The van der Waals surface area contributed by atoms with Crippen LogP contribution in [0.3, 0.4) is 0 Å². The van der Waals surface area contributed by atoms with Crippen molar-refractivity contribution in [1.82, 2.24) is 19.8 Å². The molecule has 0 bridgehead atoms. The lowest BCUT2D eigenvalue weighted by Crippen LogP contribution is -2.55. The first kappa shape index (κ1) is 23.3. The van der Waals surface area contributed by atoms with Crippen LogP contribution in [-0.2, 0) is 4.74 Å². The molecule has 5 atom stereocenters.